The molecule has 2 aliphatic rings. The predicted octanol–water partition coefficient (Wildman–Crippen LogP) is 2.10. The summed E-state index contributed by atoms with van der Waals surface area (Å²) in [5.41, 5.74) is 0. The van der Waals surface area contributed by atoms with E-state index in [0.29, 0.717) is 32.2 Å². The molecule has 2 amide bonds. The first-order valence-corrected chi connectivity index (χ1v) is 8.76. The summed E-state index contributed by atoms with van der Waals surface area (Å²) < 4.78 is 5.45. The van der Waals surface area contributed by atoms with Crippen molar-refractivity contribution in [1.29, 1.82) is 0 Å². The second-order valence-electron chi connectivity index (χ2n) is 6.80. The molecular weight excluding hydrogens is 280 g/mol. The average Bonchev–Trinajstić information content (AvgIpc) is 2.89. The molecule has 5 heteroatoms. The molecule has 1 saturated heterocycles. The number of likely N-dealkylation sites (tertiary alicyclic amines) is 1. The van der Waals surface area contributed by atoms with Crippen molar-refractivity contribution in [2.75, 3.05) is 19.7 Å². The van der Waals surface area contributed by atoms with E-state index in [-0.39, 0.29) is 23.8 Å². The SMILES string of the molecule is CC(C)OCCCNC(=O)[C@@H]1CC(=O)N(C2CCCCC2)C1. The highest BCUT2D eigenvalue weighted by molar-refractivity contribution is 5.89. The van der Waals surface area contributed by atoms with Crippen molar-refractivity contribution >= 4 is 11.8 Å². The Bertz CT molecular complexity index is 378. The molecule has 1 aliphatic carbocycles. The van der Waals surface area contributed by atoms with Gasteiger partial charge in [0.2, 0.25) is 11.8 Å². The van der Waals surface area contributed by atoms with Gasteiger partial charge in [-0.1, -0.05) is 19.3 Å². The number of hydrogen-bond donors (Lipinski definition) is 1. The van der Waals surface area contributed by atoms with E-state index in [1.165, 1.54) is 19.3 Å². The monoisotopic (exact) mass is 310 g/mol. The first-order valence-electron chi connectivity index (χ1n) is 8.76. The van der Waals surface area contributed by atoms with Crippen molar-refractivity contribution in [1.82, 2.24) is 10.2 Å². The number of rotatable bonds is 7. The number of hydrogen-bond acceptors (Lipinski definition) is 3. The second-order valence-corrected chi connectivity index (χ2v) is 6.80. The van der Waals surface area contributed by atoms with Gasteiger partial charge in [-0.2, -0.15) is 0 Å². The van der Waals surface area contributed by atoms with Crippen LogP contribution in [0.15, 0.2) is 0 Å². The Morgan fingerprint density at radius 2 is 2.05 bits per heavy atom. The molecule has 0 aromatic rings. The quantitative estimate of drug-likeness (QED) is 0.733. The largest absolute Gasteiger partial charge is 0.379 e. The van der Waals surface area contributed by atoms with Crippen molar-refractivity contribution in [3.63, 3.8) is 0 Å². The first kappa shape index (κ1) is 17.3. The molecule has 22 heavy (non-hydrogen) atoms. The number of carbonyl (C=O) groups excluding carboxylic acids is 2. The molecule has 1 saturated carbocycles. The summed E-state index contributed by atoms with van der Waals surface area (Å²) in [7, 11) is 0. The Morgan fingerprint density at radius 1 is 1.32 bits per heavy atom. The number of carbonyl (C=O) groups is 2. The Kier molecular flexibility index (Phi) is 6.68. The number of nitrogens with one attached hydrogen (secondary N) is 1. The van der Waals surface area contributed by atoms with Crippen LogP contribution in [0.25, 0.3) is 0 Å². The lowest BCUT2D eigenvalue weighted by Gasteiger charge is -2.31. The van der Waals surface area contributed by atoms with E-state index in [4.69, 9.17) is 4.74 Å². The zero-order valence-corrected chi connectivity index (χ0v) is 14.0. The summed E-state index contributed by atoms with van der Waals surface area (Å²) in [6, 6.07) is 0.374. The zero-order chi connectivity index (χ0) is 15.9. The van der Waals surface area contributed by atoms with Gasteiger partial charge in [0.05, 0.1) is 12.0 Å². The van der Waals surface area contributed by atoms with E-state index in [1.807, 2.05) is 18.7 Å². The van der Waals surface area contributed by atoms with Gasteiger partial charge in [-0.05, 0) is 33.1 Å². The van der Waals surface area contributed by atoms with Crippen molar-refractivity contribution in [3.05, 3.63) is 0 Å². The molecule has 0 radical (unpaired) electrons. The fraction of sp³-hybridized carbons (Fsp3) is 0.882. The van der Waals surface area contributed by atoms with Crippen LogP contribution in [-0.2, 0) is 14.3 Å². The minimum atomic E-state index is -0.166. The van der Waals surface area contributed by atoms with Gasteiger partial charge in [-0.15, -0.1) is 0 Å². The smallest absolute Gasteiger partial charge is 0.225 e. The average molecular weight is 310 g/mol. The molecule has 0 aromatic heterocycles. The molecule has 1 N–H and O–H groups in total. The number of nitrogens with zero attached hydrogens (tertiary/aromatic N) is 1. The maximum absolute atomic E-state index is 12.2. The molecule has 126 valence electrons. The van der Waals surface area contributed by atoms with E-state index < -0.39 is 0 Å². The molecule has 1 aliphatic heterocycles. The summed E-state index contributed by atoms with van der Waals surface area (Å²) in [5, 5.41) is 2.94. The maximum Gasteiger partial charge on any atom is 0.225 e. The van der Waals surface area contributed by atoms with Crippen LogP contribution >= 0.6 is 0 Å². The van der Waals surface area contributed by atoms with E-state index in [0.717, 1.165) is 19.3 Å². The number of ether oxygens (including phenoxy) is 1. The van der Waals surface area contributed by atoms with Crippen molar-refractivity contribution in [2.45, 2.75) is 70.9 Å². The van der Waals surface area contributed by atoms with Gasteiger partial charge in [-0.3, -0.25) is 9.59 Å². The first-order chi connectivity index (χ1) is 10.6. The van der Waals surface area contributed by atoms with Crippen LogP contribution in [0.1, 0.15) is 58.8 Å². The van der Waals surface area contributed by atoms with Crippen LogP contribution in [0.4, 0.5) is 0 Å². The summed E-state index contributed by atoms with van der Waals surface area (Å²) in [6.07, 6.45) is 7.33. The van der Waals surface area contributed by atoms with Gasteiger partial charge >= 0.3 is 0 Å². The lowest BCUT2D eigenvalue weighted by atomic mass is 9.94. The molecule has 1 heterocycles. The summed E-state index contributed by atoms with van der Waals surface area (Å²) in [6.45, 7) is 5.90. The van der Waals surface area contributed by atoms with Crippen molar-refractivity contribution in [2.24, 2.45) is 5.92 Å². The van der Waals surface area contributed by atoms with Gasteiger partial charge in [-0.25, -0.2) is 0 Å². The van der Waals surface area contributed by atoms with Crippen LogP contribution in [0, 0.1) is 5.92 Å². The standard InChI is InChI=1S/C17H30N2O3/c1-13(2)22-10-6-9-18-17(21)14-11-16(20)19(12-14)15-7-4-3-5-8-15/h13-15H,3-12H2,1-2H3,(H,18,21)/t14-/m1/s1. The van der Waals surface area contributed by atoms with Crippen molar-refractivity contribution in [3.8, 4) is 0 Å². The van der Waals surface area contributed by atoms with E-state index >= 15 is 0 Å². The maximum atomic E-state index is 12.2. The minimum Gasteiger partial charge on any atom is -0.379 e. The fourth-order valence-corrected chi connectivity index (χ4v) is 3.40. The van der Waals surface area contributed by atoms with Crippen LogP contribution < -0.4 is 5.32 Å². The Morgan fingerprint density at radius 3 is 2.73 bits per heavy atom. The third-order valence-electron chi connectivity index (χ3n) is 4.62. The lowest BCUT2D eigenvalue weighted by molar-refractivity contribution is -0.130. The van der Waals surface area contributed by atoms with Gasteiger partial charge in [0, 0.05) is 32.2 Å². The lowest BCUT2D eigenvalue weighted by Crippen LogP contribution is -2.39. The fourth-order valence-electron chi connectivity index (χ4n) is 3.40. The summed E-state index contributed by atoms with van der Waals surface area (Å²) in [5.74, 6) is 0.0202. The topological polar surface area (TPSA) is 58.6 Å². The molecule has 1 atom stereocenters. The second kappa shape index (κ2) is 8.51. The van der Waals surface area contributed by atoms with E-state index in [9.17, 15) is 9.59 Å². The van der Waals surface area contributed by atoms with Gasteiger partial charge in [0.1, 0.15) is 0 Å². The normalized spacial score (nSPS) is 23.3. The Hall–Kier alpha value is -1.10. The third kappa shape index (κ3) is 4.97. The summed E-state index contributed by atoms with van der Waals surface area (Å²) in [4.78, 5) is 26.3. The highest BCUT2D eigenvalue weighted by Gasteiger charge is 2.37. The highest BCUT2D eigenvalue weighted by atomic mass is 16.5. The van der Waals surface area contributed by atoms with Gasteiger partial charge < -0.3 is 15.0 Å². The van der Waals surface area contributed by atoms with Gasteiger partial charge in [0.25, 0.3) is 0 Å². The summed E-state index contributed by atoms with van der Waals surface area (Å²) >= 11 is 0. The van der Waals surface area contributed by atoms with Crippen LogP contribution in [0.2, 0.25) is 0 Å². The van der Waals surface area contributed by atoms with Crippen LogP contribution in [-0.4, -0.2) is 48.6 Å². The van der Waals surface area contributed by atoms with Crippen LogP contribution in [0.3, 0.4) is 0 Å². The molecular formula is C17H30N2O3. The van der Waals surface area contributed by atoms with E-state index in [1.54, 1.807) is 0 Å². The zero-order valence-electron chi connectivity index (χ0n) is 14.0. The minimum absolute atomic E-state index is 0.0243. The van der Waals surface area contributed by atoms with Crippen LogP contribution in [0.5, 0.6) is 0 Å². The molecule has 0 unspecified atom stereocenters. The number of amides is 2. The molecule has 2 fully saturated rings. The third-order valence-corrected chi connectivity index (χ3v) is 4.62. The van der Waals surface area contributed by atoms with Crippen molar-refractivity contribution < 1.29 is 14.3 Å². The molecule has 5 nitrogen and oxygen atoms in total. The molecule has 0 aromatic carbocycles. The van der Waals surface area contributed by atoms with E-state index in [2.05, 4.69) is 5.32 Å². The Balaban J connectivity index is 1.69. The molecule has 0 spiro atoms. The van der Waals surface area contributed by atoms with Gasteiger partial charge in [0.15, 0.2) is 0 Å². The predicted molar refractivity (Wildman–Crippen MR) is 85.4 cm³/mol. The highest BCUT2D eigenvalue weighted by Crippen LogP contribution is 2.28. The Labute approximate surface area is 133 Å². The molecule has 0 bridgehead atoms. The molecule has 2 rings (SSSR count).